The lowest BCUT2D eigenvalue weighted by atomic mass is 10.2. The second-order valence-corrected chi connectivity index (χ2v) is 2.77. The van der Waals surface area contributed by atoms with Gasteiger partial charge in [-0.1, -0.05) is 6.08 Å². The zero-order valence-corrected chi connectivity index (χ0v) is 7.42. The zero-order chi connectivity index (χ0) is 8.85. The number of carbonyl (C=O) groups excluding carboxylic acids is 1. The SMILES string of the molecule is C=CCC(C)NC(=O)N(C)C. The summed E-state index contributed by atoms with van der Waals surface area (Å²) in [7, 11) is 3.44. The van der Waals surface area contributed by atoms with Gasteiger partial charge < -0.3 is 10.2 Å². The number of amides is 2. The molecule has 0 saturated heterocycles. The minimum Gasteiger partial charge on any atom is -0.335 e. The van der Waals surface area contributed by atoms with Crippen LogP contribution in [0, 0.1) is 0 Å². The molecule has 0 bridgehead atoms. The van der Waals surface area contributed by atoms with Crippen LogP contribution < -0.4 is 5.32 Å². The van der Waals surface area contributed by atoms with E-state index in [2.05, 4.69) is 11.9 Å². The first-order valence-corrected chi connectivity index (χ1v) is 3.66. The minimum atomic E-state index is -0.0562. The molecule has 0 saturated carbocycles. The number of urea groups is 1. The van der Waals surface area contributed by atoms with E-state index in [4.69, 9.17) is 0 Å². The van der Waals surface area contributed by atoms with Crippen molar-refractivity contribution in [3.05, 3.63) is 12.7 Å². The van der Waals surface area contributed by atoms with Crippen molar-refractivity contribution in [1.82, 2.24) is 10.2 Å². The molecule has 1 atom stereocenters. The van der Waals surface area contributed by atoms with Gasteiger partial charge in [0.2, 0.25) is 0 Å². The summed E-state index contributed by atoms with van der Waals surface area (Å²) >= 11 is 0. The molecule has 0 aliphatic rings. The molecule has 0 rings (SSSR count). The Bertz CT molecular complexity index is 143. The summed E-state index contributed by atoms with van der Waals surface area (Å²) in [6.45, 7) is 5.54. The Balaban J connectivity index is 3.65. The van der Waals surface area contributed by atoms with Crippen LogP contribution >= 0.6 is 0 Å². The van der Waals surface area contributed by atoms with Crippen molar-refractivity contribution < 1.29 is 4.79 Å². The summed E-state index contributed by atoms with van der Waals surface area (Å²) in [6.07, 6.45) is 2.60. The molecular weight excluding hydrogens is 140 g/mol. The molecule has 1 unspecified atom stereocenters. The van der Waals surface area contributed by atoms with Crippen molar-refractivity contribution >= 4 is 6.03 Å². The van der Waals surface area contributed by atoms with Gasteiger partial charge in [0.05, 0.1) is 0 Å². The average Bonchev–Trinajstić information content (AvgIpc) is 1.87. The molecule has 64 valence electrons. The molecule has 0 radical (unpaired) electrons. The second-order valence-electron chi connectivity index (χ2n) is 2.77. The molecule has 0 heterocycles. The first-order chi connectivity index (χ1) is 5.07. The lowest BCUT2D eigenvalue weighted by Crippen LogP contribution is -2.39. The van der Waals surface area contributed by atoms with Crippen LogP contribution in [0.25, 0.3) is 0 Å². The molecular formula is C8H16N2O. The van der Waals surface area contributed by atoms with Crippen LogP contribution in [0.1, 0.15) is 13.3 Å². The van der Waals surface area contributed by atoms with E-state index in [-0.39, 0.29) is 12.1 Å². The molecule has 3 heteroatoms. The van der Waals surface area contributed by atoms with Crippen molar-refractivity contribution in [2.24, 2.45) is 0 Å². The Morgan fingerprint density at radius 2 is 2.27 bits per heavy atom. The number of nitrogens with zero attached hydrogens (tertiary/aromatic N) is 1. The lowest BCUT2D eigenvalue weighted by molar-refractivity contribution is 0.214. The second kappa shape index (κ2) is 4.77. The van der Waals surface area contributed by atoms with Gasteiger partial charge >= 0.3 is 6.03 Å². The number of rotatable bonds is 3. The van der Waals surface area contributed by atoms with E-state index in [1.54, 1.807) is 20.2 Å². The van der Waals surface area contributed by atoms with Crippen LogP contribution in [0.5, 0.6) is 0 Å². The normalized spacial score (nSPS) is 11.9. The largest absolute Gasteiger partial charge is 0.335 e. The summed E-state index contributed by atoms with van der Waals surface area (Å²) in [5.74, 6) is 0. The first kappa shape index (κ1) is 10.0. The van der Waals surface area contributed by atoms with E-state index < -0.39 is 0 Å². The number of carbonyl (C=O) groups is 1. The highest BCUT2D eigenvalue weighted by Crippen LogP contribution is 1.91. The molecule has 0 fully saturated rings. The van der Waals surface area contributed by atoms with Crippen molar-refractivity contribution in [1.29, 1.82) is 0 Å². The first-order valence-electron chi connectivity index (χ1n) is 3.66. The molecule has 1 N–H and O–H groups in total. The fraction of sp³-hybridized carbons (Fsp3) is 0.625. The van der Waals surface area contributed by atoms with Gasteiger partial charge in [-0.25, -0.2) is 4.79 Å². The third-order valence-electron chi connectivity index (χ3n) is 1.30. The van der Waals surface area contributed by atoms with Crippen LogP contribution in [-0.2, 0) is 0 Å². The maximum absolute atomic E-state index is 11.0. The fourth-order valence-electron chi connectivity index (χ4n) is 0.649. The van der Waals surface area contributed by atoms with Crippen LogP contribution in [0.3, 0.4) is 0 Å². The number of nitrogens with one attached hydrogen (secondary N) is 1. The van der Waals surface area contributed by atoms with Gasteiger partial charge in [-0.2, -0.15) is 0 Å². The predicted molar refractivity (Wildman–Crippen MR) is 46.5 cm³/mol. The quantitative estimate of drug-likeness (QED) is 0.612. The van der Waals surface area contributed by atoms with E-state index in [0.717, 1.165) is 6.42 Å². The van der Waals surface area contributed by atoms with Crippen LogP contribution in [0.15, 0.2) is 12.7 Å². The Hall–Kier alpha value is -0.990. The van der Waals surface area contributed by atoms with Gasteiger partial charge in [0.15, 0.2) is 0 Å². The molecule has 0 spiro atoms. The Labute approximate surface area is 68.1 Å². The van der Waals surface area contributed by atoms with Crippen molar-refractivity contribution in [3.63, 3.8) is 0 Å². The summed E-state index contributed by atoms with van der Waals surface area (Å²) < 4.78 is 0. The van der Waals surface area contributed by atoms with Gasteiger partial charge in [-0.15, -0.1) is 6.58 Å². The lowest BCUT2D eigenvalue weighted by Gasteiger charge is -2.16. The van der Waals surface area contributed by atoms with Crippen molar-refractivity contribution in [2.75, 3.05) is 14.1 Å². The van der Waals surface area contributed by atoms with E-state index in [1.165, 1.54) is 4.90 Å². The molecule has 0 aromatic heterocycles. The van der Waals surface area contributed by atoms with Crippen LogP contribution in [-0.4, -0.2) is 31.1 Å². The van der Waals surface area contributed by atoms with E-state index in [1.807, 2.05) is 6.92 Å². The molecule has 0 aromatic carbocycles. The molecule has 0 aromatic rings. The molecule has 0 aliphatic heterocycles. The molecule has 11 heavy (non-hydrogen) atoms. The summed E-state index contributed by atoms with van der Waals surface area (Å²) in [6, 6.07) is 0.113. The third-order valence-corrected chi connectivity index (χ3v) is 1.30. The number of hydrogen-bond acceptors (Lipinski definition) is 1. The van der Waals surface area contributed by atoms with Gasteiger partial charge in [-0.3, -0.25) is 0 Å². The highest BCUT2D eigenvalue weighted by molar-refractivity contribution is 5.73. The van der Waals surface area contributed by atoms with Gasteiger partial charge in [-0.05, 0) is 13.3 Å². The Kier molecular flexibility index (Phi) is 4.34. The summed E-state index contributed by atoms with van der Waals surface area (Å²) in [4.78, 5) is 12.5. The highest BCUT2D eigenvalue weighted by Gasteiger charge is 2.05. The Morgan fingerprint density at radius 3 is 2.64 bits per heavy atom. The maximum Gasteiger partial charge on any atom is 0.317 e. The third kappa shape index (κ3) is 4.42. The topological polar surface area (TPSA) is 32.3 Å². The molecule has 3 nitrogen and oxygen atoms in total. The minimum absolute atomic E-state index is 0.0562. The highest BCUT2D eigenvalue weighted by atomic mass is 16.2. The van der Waals surface area contributed by atoms with Gasteiger partial charge in [0.1, 0.15) is 0 Å². The zero-order valence-electron chi connectivity index (χ0n) is 7.42. The van der Waals surface area contributed by atoms with E-state index >= 15 is 0 Å². The predicted octanol–water partition coefficient (Wildman–Crippen LogP) is 1.22. The Morgan fingerprint density at radius 1 is 1.73 bits per heavy atom. The maximum atomic E-state index is 11.0. The monoisotopic (exact) mass is 156 g/mol. The fourth-order valence-corrected chi connectivity index (χ4v) is 0.649. The van der Waals surface area contributed by atoms with E-state index in [9.17, 15) is 4.79 Å². The standard InChI is InChI=1S/C8H16N2O/c1-5-6-7(2)9-8(11)10(3)4/h5,7H,1,6H2,2-4H3,(H,9,11). The van der Waals surface area contributed by atoms with Gasteiger partial charge in [0, 0.05) is 20.1 Å². The average molecular weight is 156 g/mol. The smallest absolute Gasteiger partial charge is 0.317 e. The molecule has 0 aliphatic carbocycles. The molecule has 2 amide bonds. The number of hydrogen-bond donors (Lipinski definition) is 1. The summed E-state index contributed by atoms with van der Waals surface area (Å²) in [5, 5.41) is 2.80. The van der Waals surface area contributed by atoms with Gasteiger partial charge in [0.25, 0.3) is 0 Å². The summed E-state index contributed by atoms with van der Waals surface area (Å²) in [5.41, 5.74) is 0. The van der Waals surface area contributed by atoms with Crippen molar-refractivity contribution in [2.45, 2.75) is 19.4 Å². The van der Waals surface area contributed by atoms with Crippen molar-refractivity contribution in [3.8, 4) is 0 Å². The van der Waals surface area contributed by atoms with E-state index in [0.29, 0.717) is 0 Å². The van der Waals surface area contributed by atoms with Crippen LogP contribution in [0.4, 0.5) is 4.79 Å². The van der Waals surface area contributed by atoms with Crippen LogP contribution in [0.2, 0.25) is 0 Å².